The van der Waals surface area contributed by atoms with Crippen LogP contribution >= 0.6 is 11.3 Å². The van der Waals surface area contributed by atoms with Crippen LogP contribution < -0.4 is 0 Å². The van der Waals surface area contributed by atoms with Gasteiger partial charge in [0.05, 0.1) is 0 Å². The van der Waals surface area contributed by atoms with Crippen LogP contribution in [0, 0.1) is 6.92 Å². The fraction of sp³-hybridized carbons (Fsp3) is 0.667. The average molecular weight is 266 g/mol. The lowest BCUT2D eigenvalue weighted by Crippen LogP contribution is -1.89. The summed E-state index contributed by atoms with van der Waals surface area (Å²) in [5, 5.41) is 18.5. The molecule has 0 radical (unpaired) electrons. The summed E-state index contributed by atoms with van der Waals surface area (Å²) in [4.78, 5) is 0. The molecule has 98 valence electrons. The van der Waals surface area contributed by atoms with Gasteiger partial charge < -0.3 is 4.42 Å². The lowest BCUT2D eigenvalue weighted by atomic mass is 10.2. The van der Waals surface area contributed by atoms with Gasteiger partial charge in [-0.05, 0) is 19.3 Å². The van der Waals surface area contributed by atoms with Crippen molar-refractivity contribution < 1.29 is 4.42 Å². The Morgan fingerprint density at radius 2 is 1.67 bits per heavy atom. The quantitative estimate of drug-likeness (QED) is 0.721. The van der Waals surface area contributed by atoms with Crippen LogP contribution in [0.2, 0.25) is 0 Å². The van der Waals surface area contributed by atoms with E-state index in [1.54, 1.807) is 11.3 Å². The van der Waals surface area contributed by atoms with Gasteiger partial charge in [0.15, 0.2) is 0 Å². The van der Waals surface area contributed by atoms with E-state index in [-0.39, 0.29) is 0 Å². The Morgan fingerprint density at radius 1 is 0.944 bits per heavy atom. The van der Waals surface area contributed by atoms with E-state index >= 15 is 0 Å². The van der Waals surface area contributed by atoms with E-state index in [2.05, 4.69) is 27.3 Å². The van der Waals surface area contributed by atoms with Crippen molar-refractivity contribution in [3.63, 3.8) is 0 Å². The molecule has 0 saturated carbocycles. The van der Waals surface area contributed by atoms with Crippen LogP contribution in [0.1, 0.15) is 48.0 Å². The van der Waals surface area contributed by atoms with Gasteiger partial charge in [-0.2, -0.15) is 0 Å². The molecule has 0 N–H and O–H groups in total. The molecular formula is C12H18N4OS. The van der Waals surface area contributed by atoms with Crippen LogP contribution in [0.15, 0.2) is 4.42 Å². The second-order valence-electron chi connectivity index (χ2n) is 4.26. The normalized spacial score (nSPS) is 11.0. The van der Waals surface area contributed by atoms with Crippen molar-refractivity contribution in [1.29, 1.82) is 0 Å². The van der Waals surface area contributed by atoms with Crippen molar-refractivity contribution in [3.05, 3.63) is 21.8 Å². The number of aryl methyl sites for hydroxylation is 4. The Balaban J connectivity index is 1.68. The van der Waals surface area contributed by atoms with Crippen molar-refractivity contribution in [2.45, 2.75) is 52.4 Å². The number of unbranched alkanes of at least 4 members (excludes halogenated alkanes) is 1. The third-order valence-corrected chi connectivity index (χ3v) is 3.61. The number of hydrogen-bond acceptors (Lipinski definition) is 6. The van der Waals surface area contributed by atoms with E-state index in [1.807, 2.05) is 6.92 Å². The lowest BCUT2D eigenvalue weighted by Gasteiger charge is -1.94. The topological polar surface area (TPSA) is 64.7 Å². The zero-order chi connectivity index (χ0) is 12.8. The maximum Gasteiger partial charge on any atom is 0.216 e. The van der Waals surface area contributed by atoms with E-state index in [0.717, 1.165) is 54.4 Å². The molecule has 0 fully saturated rings. The molecule has 0 unspecified atom stereocenters. The summed E-state index contributed by atoms with van der Waals surface area (Å²) >= 11 is 1.73. The van der Waals surface area contributed by atoms with Gasteiger partial charge in [0, 0.05) is 26.2 Å². The van der Waals surface area contributed by atoms with E-state index in [4.69, 9.17) is 4.42 Å². The van der Waals surface area contributed by atoms with E-state index < -0.39 is 0 Å². The van der Waals surface area contributed by atoms with Gasteiger partial charge in [-0.25, -0.2) is 0 Å². The molecule has 0 bridgehead atoms. The summed E-state index contributed by atoms with van der Waals surface area (Å²) < 4.78 is 5.32. The standard InChI is InChI=1S/C12H18N4OS/c1-3-6-11-15-16-12(18-11)8-5-4-7-10-14-13-9(2)17-10/h3-8H2,1-2H3. The van der Waals surface area contributed by atoms with Crippen LogP contribution in [0.25, 0.3) is 0 Å². The first-order valence-electron chi connectivity index (χ1n) is 6.38. The first-order chi connectivity index (χ1) is 8.78. The fourth-order valence-electron chi connectivity index (χ4n) is 1.70. The Hall–Kier alpha value is -1.30. The highest BCUT2D eigenvalue weighted by atomic mass is 32.1. The number of aromatic nitrogens is 4. The Bertz CT molecular complexity index is 480. The summed E-state index contributed by atoms with van der Waals surface area (Å²) in [6.45, 7) is 3.97. The smallest absolute Gasteiger partial charge is 0.216 e. The third kappa shape index (κ3) is 3.87. The highest BCUT2D eigenvalue weighted by Crippen LogP contribution is 2.14. The summed E-state index contributed by atoms with van der Waals surface area (Å²) in [7, 11) is 0. The largest absolute Gasteiger partial charge is 0.426 e. The van der Waals surface area contributed by atoms with Gasteiger partial charge in [0.2, 0.25) is 11.8 Å². The highest BCUT2D eigenvalue weighted by Gasteiger charge is 2.05. The van der Waals surface area contributed by atoms with Gasteiger partial charge in [-0.15, -0.1) is 31.7 Å². The molecule has 0 aliphatic heterocycles. The first kappa shape index (κ1) is 13.1. The van der Waals surface area contributed by atoms with Crippen LogP contribution in [0.3, 0.4) is 0 Å². The van der Waals surface area contributed by atoms with E-state index in [9.17, 15) is 0 Å². The summed E-state index contributed by atoms with van der Waals surface area (Å²) in [5.41, 5.74) is 0. The summed E-state index contributed by atoms with van der Waals surface area (Å²) in [5.74, 6) is 1.37. The van der Waals surface area contributed by atoms with Crippen molar-refractivity contribution in [1.82, 2.24) is 20.4 Å². The van der Waals surface area contributed by atoms with Gasteiger partial charge in [0.1, 0.15) is 10.0 Å². The minimum absolute atomic E-state index is 0.637. The molecule has 0 atom stereocenters. The molecule has 0 amide bonds. The van der Waals surface area contributed by atoms with E-state index in [1.165, 1.54) is 0 Å². The number of rotatable bonds is 7. The second-order valence-corrected chi connectivity index (χ2v) is 5.41. The van der Waals surface area contributed by atoms with Gasteiger partial charge in [-0.3, -0.25) is 0 Å². The molecule has 0 aliphatic carbocycles. The molecule has 6 heteroatoms. The minimum Gasteiger partial charge on any atom is -0.426 e. The molecule has 0 aliphatic rings. The SMILES string of the molecule is CCCc1nnc(CCCCc2nnc(C)o2)s1. The number of nitrogens with zero attached hydrogens (tertiary/aromatic N) is 4. The maximum atomic E-state index is 5.32. The molecule has 0 spiro atoms. The van der Waals surface area contributed by atoms with Crippen LogP contribution in [0.5, 0.6) is 0 Å². The Kier molecular flexibility index (Phi) is 4.81. The van der Waals surface area contributed by atoms with Crippen LogP contribution in [-0.2, 0) is 19.3 Å². The van der Waals surface area contributed by atoms with Crippen molar-refractivity contribution in [2.24, 2.45) is 0 Å². The van der Waals surface area contributed by atoms with Crippen LogP contribution in [0.4, 0.5) is 0 Å². The zero-order valence-electron chi connectivity index (χ0n) is 10.8. The predicted molar refractivity (Wildman–Crippen MR) is 69.6 cm³/mol. The third-order valence-electron chi connectivity index (χ3n) is 2.57. The molecule has 2 rings (SSSR count). The Morgan fingerprint density at radius 3 is 2.33 bits per heavy atom. The monoisotopic (exact) mass is 266 g/mol. The molecule has 2 aromatic rings. The van der Waals surface area contributed by atoms with Crippen molar-refractivity contribution in [2.75, 3.05) is 0 Å². The second kappa shape index (κ2) is 6.58. The number of hydrogen-bond donors (Lipinski definition) is 0. The molecule has 18 heavy (non-hydrogen) atoms. The summed E-state index contributed by atoms with van der Waals surface area (Å²) in [6.07, 6.45) is 6.15. The molecular weight excluding hydrogens is 248 g/mol. The van der Waals surface area contributed by atoms with Gasteiger partial charge in [-0.1, -0.05) is 6.92 Å². The maximum absolute atomic E-state index is 5.32. The molecule has 2 heterocycles. The molecule has 5 nitrogen and oxygen atoms in total. The minimum atomic E-state index is 0.637. The van der Waals surface area contributed by atoms with Gasteiger partial charge >= 0.3 is 0 Å². The van der Waals surface area contributed by atoms with E-state index in [0.29, 0.717) is 5.89 Å². The first-order valence-corrected chi connectivity index (χ1v) is 7.20. The molecule has 0 aromatic carbocycles. The fourth-order valence-corrected chi connectivity index (χ4v) is 2.68. The lowest BCUT2D eigenvalue weighted by molar-refractivity contribution is 0.458. The van der Waals surface area contributed by atoms with Crippen molar-refractivity contribution >= 4 is 11.3 Å². The molecule has 2 aromatic heterocycles. The summed E-state index contributed by atoms with van der Waals surface area (Å²) in [6, 6.07) is 0. The predicted octanol–water partition coefficient (Wildman–Crippen LogP) is 2.75. The zero-order valence-corrected chi connectivity index (χ0v) is 11.7. The molecule has 0 saturated heterocycles. The van der Waals surface area contributed by atoms with Crippen LogP contribution in [-0.4, -0.2) is 20.4 Å². The average Bonchev–Trinajstić information content (AvgIpc) is 2.95. The van der Waals surface area contributed by atoms with Gasteiger partial charge in [0.25, 0.3) is 0 Å². The Labute approximate surface area is 111 Å². The highest BCUT2D eigenvalue weighted by molar-refractivity contribution is 7.11. The van der Waals surface area contributed by atoms with Crippen molar-refractivity contribution in [3.8, 4) is 0 Å².